The molecule has 0 rings (SSSR count). The van der Waals surface area contributed by atoms with Crippen LogP contribution in [0.3, 0.4) is 0 Å². The summed E-state index contributed by atoms with van der Waals surface area (Å²) in [6.45, 7) is 0. The predicted molar refractivity (Wildman–Crippen MR) is 3.61 cm³/mol. The Bertz CT molecular complexity index is 8.00. The molecule has 4 heteroatoms. The first-order chi connectivity index (χ1) is 0. The van der Waals surface area contributed by atoms with Crippen LogP contribution in [-0.4, -0.2) is 5.48 Å². The molecule has 0 saturated heterocycles. The summed E-state index contributed by atoms with van der Waals surface area (Å²) in [4.78, 5) is 0. The molecule has 0 bridgehead atoms. The van der Waals surface area contributed by atoms with Crippen LogP contribution >= 0.6 is 0 Å². The van der Waals surface area contributed by atoms with E-state index in [1.54, 1.807) is 0 Å². The molecule has 4 heavy (non-hydrogen) atoms. The van der Waals surface area contributed by atoms with Gasteiger partial charge in [0.2, 0.25) is 0 Å². The molecule has 0 aliphatic rings. The molecule has 1 nitrogen and oxygen atoms in total. The van der Waals surface area contributed by atoms with Crippen LogP contribution in [0.15, 0.2) is 0 Å². The van der Waals surface area contributed by atoms with Crippen LogP contribution in [-0.2, 0) is 62.0 Å². The molecule has 0 fully saturated rings. The smallest absolute Gasteiger partial charge is 0 e. The van der Waals surface area contributed by atoms with Crippen molar-refractivity contribution in [3.63, 3.8) is 0 Å². The predicted octanol–water partition coefficient (Wildman–Crippen LogP) is -0.832. The molecule has 0 aromatic rings. The fourth-order valence-electron chi connectivity index (χ4n) is 0. The summed E-state index contributed by atoms with van der Waals surface area (Å²) in [5.74, 6) is 0. The monoisotopic (exact) mass is 274 g/mol. The maximum Gasteiger partial charge on any atom is 0 e. The van der Waals surface area contributed by atoms with Crippen LogP contribution in [0.1, 0.15) is 0 Å². The fraction of sp³-hybridized carbons (Fsp3) is 0. The number of hydrogen-bond donors (Lipinski definition) is 0. The summed E-state index contributed by atoms with van der Waals surface area (Å²) in [5.41, 5.74) is 0. The third-order valence-electron chi connectivity index (χ3n) is 0. The molecule has 30 valence electrons. The maximum absolute atomic E-state index is 0. The summed E-state index contributed by atoms with van der Waals surface area (Å²) < 4.78 is 0. The van der Waals surface area contributed by atoms with E-state index in [1.165, 1.54) is 0 Å². The van der Waals surface area contributed by atoms with Gasteiger partial charge in [-0.3, -0.25) is 0 Å². The topological polar surface area (TPSA) is 31.5 Å². The summed E-state index contributed by atoms with van der Waals surface area (Å²) in [5, 5.41) is 0. The molecule has 0 heterocycles. The quantitative estimate of drug-likeness (QED) is 0.516. The van der Waals surface area contributed by atoms with Crippen LogP contribution in [0.2, 0.25) is 0 Å². The Morgan fingerprint density at radius 3 is 1.00 bits per heavy atom. The number of hydrogen-bond acceptors (Lipinski definition) is 0. The molecule has 0 saturated carbocycles. The molecule has 2 N–H and O–H groups in total. The molecule has 2 radical (unpaired) electrons. The van der Waals surface area contributed by atoms with Crippen LogP contribution in [0.5, 0.6) is 0 Å². The van der Waals surface area contributed by atoms with Gasteiger partial charge >= 0.3 is 0 Å². The first kappa shape index (κ1) is 37.9. The molecular formula is H2AgMoOV. The summed E-state index contributed by atoms with van der Waals surface area (Å²) in [7, 11) is 0. The SMILES string of the molecule is O.[Ag].[Mo].[V]. The van der Waals surface area contributed by atoms with Gasteiger partial charge in [-0.1, -0.05) is 0 Å². The van der Waals surface area contributed by atoms with E-state index in [1.807, 2.05) is 0 Å². The minimum Gasteiger partial charge on any atom is -0.412 e. The second kappa shape index (κ2) is 20.2. The Labute approximate surface area is 66.9 Å². The van der Waals surface area contributed by atoms with Crippen molar-refractivity contribution in [2.75, 3.05) is 0 Å². The molecule has 0 aromatic heterocycles. The average Bonchev–Trinajstić information content (AvgIpc) is 0. The van der Waals surface area contributed by atoms with Crippen LogP contribution in [0.25, 0.3) is 0 Å². The van der Waals surface area contributed by atoms with Gasteiger partial charge in [0.15, 0.2) is 0 Å². The van der Waals surface area contributed by atoms with Crippen molar-refractivity contribution < 1.29 is 67.5 Å². The summed E-state index contributed by atoms with van der Waals surface area (Å²) >= 11 is 0. The molecule has 0 aliphatic carbocycles. The largest absolute Gasteiger partial charge is 0.412 e. The van der Waals surface area contributed by atoms with Gasteiger partial charge in [0.1, 0.15) is 0 Å². The third kappa shape index (κ3) is 9.02. The van der Waals surface area contributed by atoms with Crippen molar-refractivity contribution in [2.45, 2.75) is 0 Å². The van der Waals surface area contributed by atoms with Gasteiger partial charge in [-0.05, 0) is 0 Å². The van der Waals surface area contributed by atoms with Crippen LogP contribution < -0.4 is 0 Å². The summed E-state index contributed by atoms with van der Waals surface area (Å²) in [6.07, 6.45) is 0. The fourth-order valence-corrected chi connectivity index (χ4v) is 0. The van der Waals surface area contributed by atoms with Gasteiger partial charge < -0.3 is 5.48 Å². The van der Waals surface area contributed by atoms with Gasteiger partial charge in [-0.15, -0.1) is 0 Å². The molecule has 0 amide bonds. The van der Waals surface area contributed by atoms with Crippen molar-refractivity contribution in [2.24, 2.45) is 0 Å². The Kier molecular flexibility index (Phi) is 191. The minimum atomic E-state index is 0. The first-order valence-electron chi connectivity index (χ1n) is 0. The van der Waals surface area contributed by atoms with Gasteiger partial charge in [0, 0.05) is 62.0 Å². The van der Waals surface area contributed by atoms with E-state index in [4.69, 9.17) is 0 Å². The standard InChI is InChI=1S/Ag.Mo.H2O.V/h;;1H2;. The molecular weight excluding hydrogens is 271 g/mol. The summed E-state index contributed by atoms with van der Waals surface area (Å²) in [6, 6.07) is 0. The van der Waals surface area contributed by atoms with Crippen LogP contribution in [0, 0.1) is 0 Å². The normalized spacial score (nSPS) is 0. The van der Waals surface area contributed by atoms with Crippen molar-refractivity contribution in [1.82, 2.24) is 0 Å². The van der Waals surface area contributed by atoms with E-state index in [0.29, 0.717) is 0 Å². The van der Waals surface area contributed by atoms with E-state index in [2.05, 4.69) is 0 Å². The second-order valence-corrected chi connectivity index (χ2v) is 0. The third-order valence-corrected chi connectivity index (χ3v) is 0. The van der Waals surface area contributed by atoms with Crippen LogP contribution in [0.4, 0.5) is 0 Å². The Morgan fingerprint density at radius 1 is 1.00 bits per heavy atom. The van der Waals surface area contributed by atoms with Crippen molar-refractivity contribution in [1.29, 1.82) is 0 Å². The molecule has 0 spiro atoms. The van der Waals surface area contributed by atoms with E-state index in [9.17, 15) is 0 Å². The van der Waals surface area contributed by atoms with Gasteiger partial charge in [0.25, 0.3) is 0 Å². The zero-order valence-electron chi connectivity index (χ0n) is 1.66. The van der Waals surface area contributed by atoms with Crippen molar-refractivity contribution in [3.8, 4) is 0 Å². The van der Waals surface area contributed by atoms with E-state index in [0.717, 1.165) is 0 Å². The Balaban J connectivity index is 0. The maximum atomic E-state index is 0. The number of rotatable bonds is 0. The van der Waals surface area contributed by atoms with Gasteiger partial charge in [-0.2, -0.15) is 0 Å². The van der Waals surface area contributed by atoms with Gasteiger partial charge in [-0.25, -0.2) is 0 Å². The van der Waals surface area contributed by atoms with Crippen molar-refractivity contribution in [3.05, 3.63) is 0 Å². The molecule has 0 aliphatic heterocycles. The van der Waals surface area contributed by atoms with E-state index < -0.39 is 0 Å². The Morgan fingerprint density at radius 2 is 1.00 bits per heavy atom. The van der Waals surface area contributed by atoms with E-state index in [-0.39, 0.29) is 67.5 Å². The molecule has 0 aromatic carbocycles. The zero-order chi connectivity index (χ0) is 0. The molecule has 0 atom stereocenters. The second-order valence-electron chi connectivity index (χ2n) is 0. The first-order valence-corrected chi connectivity index (χ1v) is 0. The van der Waals surface area contributed by atoms with E-state index >= 15 is 0 Å². The average molecular weight is 273 g/mol. The Hall–Kier alpha value is 1.97. The zero-order valence-corrected chi connectivity index (χ0v) is 6.54. The molecule has 0 unspecified atom stereocenters. The van der Waals surface area contributed by atoms with Crippen molar-refractivity contribution >= 4 is 0 Å². The minimum absolute atomic E-state index is 0. The van der Waals surface area contributed by atoms with Gasteiger partial charge in [0.05, 0.1) is 0 Å².